The molecule has 2 amide bonds. The fourth-order valence-electron chi connectivity index (χ4n) is 5.21. The summed E-state index contributed by atoms with van der Waals surface area (Å²) in [4.78, 5) is 14.5. The number of amides is 2. The van der Waals surface area contributed by atoms with E-state index in [1.807, 2.05) is 42.5 Å². The van der Waals surface area contributed by atoms with Crippen molar-refractivity contribution in [2.75, 3.05) is 32.1 Å². The minimum absolute atomic E-state index is 0.0882. The van der Waals surface area contributed by atoms with Gasteiger partial charge in [0.2, 0.25) is 0 Å². The number of aryl methyl sites for hydroxylation is 1. The fraction of sp³-hybridized carbons (Fsp3) is 0.385. The molecule has 2 atom stereocenters. The van der Waals surface area contributed by atoms with Gasteiger partial charge in [-0.15, -0.1) is 0 Å². The molecule has 2 aliphatic rings. The van der Waals surface area contributed by atoms with E-state index in [1.54, 1.807) is 23.9 Å². The quantitative estimate of drug-likeness (QED) is 0.523. The third kappa shape index (κ3) is 5.18. The molecule has 0 bridgehead atoms. The number of methoxy groups -OCH3 is 1. The molecule has 1 fully saturated rings. The maximum Gasteiger partial charge on any atom is 0.401 e. The third-order valence-corrected chi connectivity index (χ3v) is 6.78. The molecule has 2 aromatic carbocycles. The first-order valence-corrected chi connectivity index (χ1v) is 12.0. The molecule has 36 heavy (non-hydrogen) atoms. The van der Waals surface area contributed by atoms with E-state index in [1.165, 1.54) is 4.90 Å². The molecule has 1 aliphatic carbocycles. The zero-order chi connectivity index (χ0) is 25.3. The first-order chi connectivity index (χ1) is 17.3. The van der Waals surface area contributed by atoms with Gasteiger partial charge < -0.3 is 10.1 Å². The molecule has 190 valence electrons. The first-order valence-electron chi connectivity index (χ1n) is 12.0. The number of alkyl halides is 3. The van der Waals surface area contributed by atoms with Gasteiger partial charge in [0.15, 0.2) is 0 Å². The Morgan fingerprint density at radius 2 is 1.92 bits per heavy atom. The number of carbonyl (C=O) groups is 1. The summed E-state index contributed by atoms with van der Waals surface area (Å²) in [5.74, 6) is 0.902. The zero-order valence-corrected chi connectivity index (χ0v) is 19.9. The molecule has 5 rings (SSSR count). The summed E-state index contributed by atoms with van der Waals surface area (Å²) in [6, 6.07) is 15.8. The van der Waals surface area contributed by atoms with Crippen LogP contribution in [0.25, 0.3) is 5.69 Å². The number of ether oxygens (including phenoxy) is 1. The van der Waals surface area contributed by atoms with Crippen LogP contribution in [-0.2, 0) is 12.8 Å². The maximum absolute atomic E-state index is 13.2. The van der Waals surface area contributed by atoms with Crippen LogP contribution < -0.4 is 15.4 Å². The SMILES string of the molecule is COc1cccc(C2CN(CC(F)(F)F)CC2NC(=O)Nc2c3c(nn2-c2ccccc2)CCC3)c1. The first kappa shape index (κ1) is 24.2. The van der Waals surface area contributed by atoms with E-state index >= 15 is 0 Å². The van der Waals surface area contributed by atoms with Gasteiger partial charge in [-0.1, -0.05) is 30.3 Å². The lowest BCUT2D eigenvalue weighted by Crippen LogP contribution is -2.43. The van der Waals surface area contributed by atoms with Gasteiger partial charge >= 0.3 is 12.2 Å². The number of rotatable bonds is 6. The van der Waals surface area contributed by atoms with Crippen LogP contribution in [0, 0.1) is 0 Å². The van der Waals surface area contributed by atoms with Crippen LogP contribution >= 0.6 is 0 Å². The Hall–Kier alpha value is -3.53. The topological polar surface area (TPSA) is 71.4 Å². The van der Waals surface area contributed by atoms with E-state index in [9.17, 15) is 18.0 Å². The van der Waals surface area contributed by atoms with Gasteiger partial charge in [-0.3, -0.25) is 10.2 Å². The van der Waals surface area contributed by atoms with Gasteiger partial charge in [0.25, 0.3) is 0 Å². The minimum atomic E-state index is -4.32. The Bertz CT molecular complexity index is 1230. The van der Waals surface area contributed by atoms with Crippen LogP contribution in [0.1, 0.15) is 29.2 Å². The molecular formula is C26H28F3N5O2. The molecule has 0 spiro atoms. The van der Waals surface area contributed by atoms with Gasteiger partial charge in [-0.2, -0.15) is 18.3 Å². The van der Waals surface area contributed by atoms with Gasteiger partial charge in [-0.25, -0.2) is 9.48 Å². The molecule has 2 heterocycles. The predicted octanol–water partition coefficient (Wildman–Crippen LogP) is 4.52. The van der Waals surface area contributed by atoms with Crippen molar-refractivity contribution in [3.8, 4) is 11.4 Å². The highest BCUT2D eigenvalue weighted by Crippen LogP contribution is 2.33. The molecule has 3 aromatic rings. The number of halogens is 3. The zero-order valence-electron chi connectivity index (χ0n) is 19.9. The minimum Gasteiger partial charge on any atom is -0.497 e. The molecule has 2 N–H and O–H groups in total. The van der Waals surface area contributed by atoms with Crippen molar-refractivity contribution in [1.29, 1.82) is 0 Å². The smallest absolute Gasteiger partial charge is 0.401 e. The van der Waals surface area contributed by atoms with Crippen LogP contribution in [0.2, 0.25) is 0 Å². The molecule has 1 saturated heterocycles. The number of nitrogens with one attached hydrogen (secondary N) is 2. The Morgan fingerprint density at radius 3 is 2.67 bits per heavy atom. The van der Waals surface area contributed by atoms with Gasteiger partial charge in [0.05, 0.1) is 31.1 Å². The number of hydrogen-bond acceptors (Lipinski definition) is 4. The Morgan fingerprint density at radius 1 is 1.11 bits per heavy atom. The Labute approximate surface area is 207 Å². The number of hydrogen-bond donors (Lipinski definition) is 2. The van der Waals surface area contributed by atoms with Gasteiger partial charge in [0, 0.05) is 24.6 Å². The summed E-state index contributed by atoms with van der Waals surface area (Å²) in [6.07, 6.45) is -1.69. The van der Waals surface area contributed by atoms with Crippen LogP contribution in [-0.4, -0.2) is 59.7 Å². The molecule has 7 nitrogen and oxygen atoms in total. The highest BCUT2D eigenvalue weighted by molar-refractivity contribution is 5.90. The van der Waals surface area contributed by atoms with Crippen LogP contribution in [0.5, 0.6) is 5.75 Å². The standard InChI is InChI=1S/C26H28F3N5O2/c1-36-19-10-5-7-17(13-19)21-14-33(16-26(27,28)29)15-23(21)30-25(35)31-24-20-11-6-12-22(20)32-34(24)18-8-3-2-4-9-18/h2-5,7-10,13,21,23H,6,11-12,14-16H2,1H3,(H2,30,31,35). The van der Waals surface area contributed by atoms with Crippen LogP contribution in [0.4, 0.5) is 23.8 Å². The number of urea groups is 1. The average Bonchev–Trinajstić information content (AvgIpc) is 3.55. The van der Waals surface area contributed by atoms with E-state index in [-0.39, 0.29) is 19.0 Å². The Balaban J connectivity index is 1.38. The molecule has 1 aromatic heterocycles. The second kappa shape index (κ2) is 9.85. The van der Waals surface area contributed by atoms with E-state index in [4.69, 9.17) is 9.84 Å². The average molecular weight is 500 g/mol. The number of aromatic nitrogens is 2. The van der Waals surface area contributed by atoms with Crippen LogP contribution in [0.3, 0.4) is 0 Å². The summed E-state index contributed by atoms with van der Waals surface area (Å²) in [6.45, 7) is -0.763. The molecule has 0 saturated carbocycles. The van der Waals surface area contributed by atoms with Crippen molar-refractivity contribution in [3.05, 3.63) is 71.4 Å². The molecule has 1 aliphatic heterocycles. The monoisotopic (exact) mass is 499 g/mol. The van der Waals surface area contributed by atoms with E-state index < -0.39 is 24.8 Å². The van der Waals surface area contributed by atoms with E-state index in [2.05, 4.69) is 10.6 Å². The van der Waals surface area contributed by atoms with Gasteiger partial charge in [0.1, 0.15) is 11.6 Å². The lowest BCUT2D eigenvalue weighted by Gasteiger charge is -2.21. The molecular weight excluding hydrogens is 471 g/mol. The number of fused-ring (bicyclic) bond motifs is 1. The number of carbonyl (C=O) groups excluding carboxylic acids is 1. The number of para-hydroxylation sites is 1. The van der Waals surface area contributed by atoms with Crippen molar-refractivity contribution in [1.82, 2.24) is 20.0 Å². The normalized spacial score (nSPS) is 19.8. The largest absolute Gasteiger partial charge is 0.497 e. The number of benzene rings is 2. The number of anilines is 1. The van der Waals surface area contributed by atoms with Crippen molar-refractivity contribution < 1.29 is 22.7 Å². The molecule has 10 heteroatoms. The number of nitrogens with zero attached hydrogens (tertiary/aromatic N) is 3. The summed E-state index contributed by atoms with van der Waals surface area (Å²) < 4.78 is 46.5. The predicted molar refractivity (Wildman–Crippen MR) is 130 cm³/mol. The highest BCUT2D eigenvalue weighted by atomic mass is 19.4. The third-order valence-electron chi connectivity index (χ3n) is 6.78. The van der Waals surface area contributed by atoms with Crippen molar-refractivity contribution >= 4 is 11.8 Å². The lowest BCUT2D eigenvalue weighted by atomic mass is 9.94. The summed E-state index contributed by atoms with van der Waals surface area (Å²) in [7, 11) is 1.54. The Kier molecular flexibility index (Phi) is 6.61. The fourth-order valence-corrected chi connectivity index (χ4v) is 5.21. The molecule has 2 unspecified atom stereocenters. The summed E-state index contributed by atoms with van der Waals surface area (Å²) in [5.41, 5.74) is 3.61. The number of likely N-dealkylation sites (tertiary alicyclic amines) is 1. The maximum atomic E-state index is 13.2. The summed E-state index contributed by atoms with van der Waals surface area (Å²) in [5, 5.41) is 10.6. The summed E-state index contributed by atoms with van der Waals surface area (Å²) >= 11 is 0. The van der Waals surface area contributed by atoms with E-state index in [0.29, 0.717) is 11.6 Å². The van der Waals surface area contributed by atoms with Crippen molar-refractivity contribution in [2.24, 2.45) is 0 Å². The second-order valence-electron chi connectivity index (χ2n) is 9.27. The highest BCUT2D eigenvalue weighted by Gasteiger charge is 2.40. The van der Waals surface area contributed by atoms with Crippen molar-refractivity contribution in [2.45, 2.75) is 37.4 Å². The van der Waals surface area contributed by atoms with E-state index in [0.717, 1.165) is 41.8 Å². The lowest BCUT2D eigenvalue weighted by molar-refractivity contribution is -0.143. The van der Waals surface area contributed by atoms with Crippen LogP contribution in [0.15, 0.2) is 54.6 Å². The van der Waals surface area contributed by atoms with Gasteiger partial charge in [-0.05, 0) is 49.1 Å². The molecule has 0 radical (unpaired) electrons. The van der Waals surface area contributed by atoms with Crippen molar-refractivity contribution in [3.63, 3.8) is 0 Å². The second-order valence-corrected chi connectivity index (χ2v) is 9.27.